The Bertz CT molecular complexity index is 1590. The van der Waals surface area contributed by atoms with Crippen molar-refractivity contribution in [2.75, 3.05) is 0 Å². The zero-order chi connectivity index (χ0) is 35.0. The minimum atomic E-state index is -0.257. The maximum Gasteiger partial charge on any atom is 0.119 e. The van der Waals surface area contributed by atoms with Gasteiger partial charge in [-0.25, -0.2) is 0 Å². The molecule has 0 saturated heterocycles. The third kappa shape index (κ3) is 8.07. The molecule has 4 aromatic rings. The molecule has 248 valence electrons. The van der Waals surface area contributed by atoms with Gasteiger partial charge in [0.05, 0.1) is 0 Å². The molecule has 0 amide bonds. The second-order valence-corrected chi connectivity index (χ2v) is 16.7. The summed E-state index contributed by atoms with van der Waals surface area (Å²) in [4.78, 5) is 0. The lowest BCUT2D eigenvalue weighted by Gasteiger charge is -2.37. The topological polar surface area (TPSA) is 80.9 Å². The van der Waals surface area contributed by atoms with Gasteiger partial charge < -0.3 is 20.4 Å². The minimum absolute atomic E-state index is 0.0792. The van der Waals surface area contributed by atoms with Gasteiger partial charge in [0.1, 0.15) is 23.0 Å². The summed E-state index contributed by atoms with van der Waals surface area (Å²) >= 11 is 0. The van der Waals surface area contributed by atoms with Crippen LogP contribution in [0.2, 0.25) is 0 Å². The molecule has 0 bridgehead atoms. The van der Waals surface area contributed by atoms with Crippen LogP contribution in [0, 0.1) is 0 Å². The van der Waals surface area contributed by atoms with Crippen LogP contribution in [0.1, 0.15) is 129 Å². The van der Waals surface area contributed by atoms with Crippen LogP contribution in [0.5, 0.6) is 23.0 Å². The second kappa shape index (κ2) is 12.7. The van der Waals surface area contributed by atoms with Gasteiger partial charge in [-0.3, -0.25) is 0 Å². The van der Waals surface area contributed by atoms with Crippen LogP contribution in [0.4, 0.5) is 0 Å². The third-order valence-electron chi connectivity index (χ3n) is 9.08. The predicted octanol–water partition coefficient (Wildman–Crippen LogP) is 10.7. The number of benzene rings is 4. The molecule has 0 spiro atoms. The van der Waals surface area contributed by atoms with Crippen molar-refractivity contribution in [2.24, 2.45) is 0 Å². The fourth-order valence-corrected chi connectivity index (χ4v) is 6.11. The molecule has 0 saturated carbocycles. The molecule has 0 fully saturated rings. The van der Waals surface area contributed by atoms with Gasteiger partial charge in [0.2, 0.25) is 0 Å². The highest BCUT2D eigenvalue weighted by Crippen LogP contribution is 2.44. The summed E-state index contributed by atoms with van der Waals surface area (Å²) in [5.74, 6) is 1.21. The van der Waals surface area contributed by atoms with Crippen molar-refractivity contribution in [2.45, 2.75) is 117 Å². The second-order valence-electron chi connectivity index (χ2n) is 16.7. The summed E-state index contributed by atoms with van der Waals surface area (Å²) < 4.78 is 0. The number of rotatable bonds is 4. The van der Waals surface area contributed by atoms with E-state index in [0.717, 1.165) is 27.8 Å². The average molecular weight is 625 g/mol. The van der Waals surface area contributed by atoms with Crippen LogP contribution in [0.25, 0.3) is 0 Å². The van der Waals surface area contributed by atoms with Gasteiger partial charge in [-0.05, 0) is 97.7 Å². The average Bonchev–Trinajstić information content (AvgIpc) is 2.92. The van der Waals surface area contributed by atoms with Gasteiger partial charge in [0, 0.05) is 10.8 Å². The van der Waals surface area contributed by atoms with Gasteiger partial charge >= 0.3 is 0 Å². The van der Waals surface area contributed by atoms with Crippen molar-refractivity contribution >= 4 is 0 Å². The number of hydrogen-bond acceptors (Lipinski definition) is 4. The Balaban J connectivity index is 0.000000254. The van der Waals surface area contributed by atoms with Gasteiger partial charge in [-0.15, -0.1) is 0 Å². The maximum absolute atomic E-state index is 10.1. The fraction of sp³-hybridized carbons (Fsp3) is 0.429. The first-order valence-corrected chi connectivity index (χ1v) is 16.2. The third-order valence-corrected chi connectivity index (χ3v) is 9.08. The first-order valence-electron chi connectivity index (χ1n) is 16.2. The SMILES string of the molecule is CC(C)(C)c1cc(C(C)(C)c2ccc(O)cc2)ccc1O.CC(C)(C)c1cc(O)ccc1C(C)(C)c1ccc(O)cc1C(C)(C)C. The highest BCUT2D eigenvalue weighted by atomic mass is 16.3. The Hall–Kier alpha value is -3.92. The number of aromatic hydroxyl groups is 4. The molecular weight excluding hydrogens is 568 g/mol. The van der Waals surface area contributed by atoms with Crippen molar-refractivity contribution in [1.82, 2.24) is 0 Å². The standard InChI is InChI=1S/C23H32O2.C19H24O2/c1-21(2,3)19-13-15(24)9-11-17(19)23(7,8)18-12-10-16(25)14-20(18)22(4,5)6;1-18(2,3)16-12-14(8-11-17(16)21)19(4,5)13-6-9-15(20)10-7-13/h9-14,24-25H,1-8H3;6-12,20-21H,1-5H3. The summed E-state index contributed by atoms with van der Waals surface area (Å²) in [5, 5.41) is 39.6. The fourth-order valence-electron chi connectivity index (χ4n) is 6.11. The lowest BCUT2D eigenvalue weighted by atomic mass is 9.67. The highest BCUT2D eigenvalue weighted by Gasteiger charge is 2.34. The molecule has 4 aromatic carbocycles. The lowest BCUT2D eigenvalue weighted by molar-refractivity contribution is 0.445. The van der Waals surface area contributed by atoms with E-state index in [4.69, 9.17) is 0 Å². The predicted molar refractivity (Wildman–Crippen MR) is 193 cm³/mol. The number of phenols is 4. The van der Waals surface area contributed by atoms with E-state index in [0.29, 0.717) is 17.2 Å². The van der Waals surface area contributed by atoms with E-state index in [1.165, 1.54) is 11.1 Å². The van der Waals surface area contributed by atoms with Gasteiger partial charge in [-0.1, -0.05) is 126 Å². The van der Waals surface area contributed by atoms with E-state index < -0.39 is 0 Å². The van der Waals surface area contributed by atoms with Crippen molar-refractivity contribution in [3.05, 3.63) is 118 Å². The van der Waals surface area contributed by atoms with Crippen LogP contribution in [0.15, 0.2) is 78.9 Å². The molecule has 0 aromatic heterocycles. The molecule has 0 atom stereocenters. The van der Waals surface area contributed by atoms with Crippen molar-refractivity contribution in [3.63, 3.8) is 0 Å². The first kappa shape index (κ1) is 36.5. The zero-order valence-electron chi connectivity index (χ0n) is 30.3. The van der Waals surface area contributed by atoms with Crippen LogP contribution in [-0.4, -0.2) is 20.4 Å². The molecule has 0 aliphatic rings. The van der Waals surface area contributed by atoms with Crippen LogP contribution in [-0.2, 0) is 27.1 Å². The zero-order valence-corrected chi connectivity index (χ0v) is 30.3. The van der Waals surface area contributed by atoms with E-state index >= 15 is 0 Å². The maximum atomic E-state index is 10.1. The molecule has 0 unspecified atom stereocenters. The summed E-state index contributed by atoms with van der Waals surface area (Å²) in [6, 6.07) is 24.5. The number of phenolic OH excluding ortho intramolecular Hbond substituents is 4. The van der Waals surface area contributed by atoms with E-state index in [1.54, 1.807) is 30.3 Å². The summed E-state index contributed by atoms with van der Waals surface area (Å²) in [5.41, 5.74) is 7.21. The molecule has 46 heavy (non-hydrogen) atoms. The van der Waals surface area contributed by atoms with Crippen LogP contribution >= 0.6 is 0 Å². The smallest absolute Gasteiger partial charge is 0.119 e. The quantitative estimate of drug-likeness (QED) is 0.182. The van der Waals surface area contributed by atoms with Crippen molar-refractivity contribution < 1.29 is 20.4 Å². The number of hydrogen-bond donors (Lipinski definition) is 4. The van der Waals surface area contributed by atoms with Gasteiger partial charge in [-0.2, -0.15) is 0 Å². The monoisotopic (exact) mass is 624 g/mol. The highest BCUT2D eigenvalue weighted by molar-refractivity contribution is 5.52. The Morgan fingerprint density at radius 2 is 0.696 bits per heavy atom. The minimum Gasteiger partial charge on any atom is -0.508 e. The molecule has 4 N–H and O–H groups in total. The summed E-state index contributed by atoms with van der Waals surface area (Å²) in [6.45, 7) is 28.0. The van der Waals surface area contributed by atoms with E-state index in [1.807, 2.05) is 42.5 Å². The molecular formula is C42H56O4. The molecule has 4 nitrogen and oxygen atoms in total. The van der Waals surface area contributed by atoms with Crippen molar-refractivity contribution in [3.8, 4) is 23.0 Å². The molecule has 0 radical (unpaired) electrons. The van der Waals surface area contributed by atoms with E-state index in [9.17, 15) is 20.4 Å². The Labute approximate surface area is 277 Å². The Kier molecular flexibility index (Phi) is 10.1. The van der Waals surface area contributed by atoms with E-state index in [-0.39, 0.29) is 32.8 Å². The van der Waals surface area contributed by atoms with E-state index in [2.05, 4.69) is 96.1 Å². The van der Waals surface area contributed by atoms with Gasteiger partial charge in [0.15, 0.2) is 0 Å². The van der Waals surface area contributed by atoms with Crippen molar-refractivity contribution in [1.29, 1.82) is 0 Å². The molecule has 0 aliphatic heterocycles. The largest absolute Gasteiger partial charge is 0.508 e. The van der Waals surface area contributed by atoms with Crippen LogP contribution < -0.4 is 0 Å². The molecule has 4 heteroatoms. The molecule has 0 heterocycles. The lowest BCUT2D eigenvalue weighted by Crippen LogP contribution is -2.29. The Morgan fingerprint density at radius 1 is 0.326 bits per heavy atom. The molecule has 4 rings (SSSR count). The van der Waals surface area contributed by atoms with Crippen LogP contribution in [0.3, 0.4) is 0 Å². The summed E-state index contributed by atoms with van der Waals surface area (Å²) in [6.07, 6.45) is 0. The normalized spacial score (nSPS) is 12.8. The molecule has 0 aliphatic carbocycles. The summed E-state index contributed by atoms with van der Waals surface area (Å²) in [7, 11) is 0. The Morgan fingerprint density at radius 3 is 1.09 bits per heavy atom. The first-order chi connectivity index (χ1) is 20.9. The van der Waals surface area contributed by atoms with Gasteiger partial charge in [0.25, 0.3) is 0 Å².